The van der Waals surface area contributed by atoms with Gasteiger partial charge in [0.2, 0.25) is 10.0 Å². The lowest BCUT2D eigenvalue weighted by atomic mass is 10.1. The van der Waals surface area contributed by atoms with Crippen molar-refractivity contribution in [3.05, 3.63) is 0 Å². The standard InChI is InChI=1S/C10H20ClNO3S/c1-15-7-2-8-16(13,14)12-9-10(3-4-10)5-6-11/h12H,2-9H2,1H3. The number of alkyl halides is 1. The molecule has 6 heteroatoms. The van der Waals surface area contributed by atoms with Crippen LogP contribution in [0.3, 0.4) is 0 Å². The molecule has 0 atom stereocenters. The Morgan fingerprint density at radius 1 is 1.44 bits per heavy atom. The van der Waals surface area contributed by atoms with Gasteiger partial charge < -0.3 is 4.74 Å². The zero-order chi connectivity index (χ0) is 12.1. The predicted molar refractivity (Wildman–Crippen MR) is 65.3 cm³/mol. The highest BCUT2D eigenvalue weighted by Gasteiger charge is 2.42. The maximum Gasteiger partial charge on any atom is 0.211 e. The molecule has 1 saturated carbocycles. The fourth-order valence-corrected chi connectivity index (χ4v) is 3.19. The Balaban J connectivity index is 2.25. The van der Waals surface area contributed by atoms with Crippen molar-refractivity contribution in [3.63, 3.8) is 0 Å². The first-order valence-corrected chi connectivity index (χ1v) is 7.74. The van der Waals surface area contributed by atoms with Gasteiger partial charge in [-0.05, 0) is 31.1 Å². The summed E-state index contributed by atoms with van der Waals surface area (Å²) in [5, 5.41) is 0. The summed E-state index contributed by atoms with van der Waals surface area (Å²) in [5.74, 6) is 0.739. The van der Waals surface area contributed by atoms with Crippen molar-refractivity contribution >= 4 is 21.6 Å². The Morgan fingerprint density at radius 3 is 2.62 bits per heavy atom. The van der Waals surface area contributed by atoms with E-state index in [4.69, 9.17) is 16.3 Å². The fraction of sp³-hybridized carbons (Fsp3) is 1.00. The number of rotatable bonds is 9. The van der Waals surface area contributed by atoms with Crippen LogP contribution in [0.4, 0.5) is 0 Å². The Hall–Kier alpha value is 0.160. The van der Waals surface area contributed by atoms with Gasteiger partial charge in [-0.2, -0.15) is 0 Å². The molecule has 0 bridgehead atoms. The van der Waals surface area contributed by atoms with Gasteiger partial charge >= 0.3 is 0 Å². The average molecular weight is 270 g/mol. The van der Waals surface area contributed by atoms with Crippen molar-refractivity contribution in [3.8, 4) is 0 Å². The summed E-state index contributed by atoms with van der Waals surface area (Å²) in [6, 6.07) is 0. The third-order valence-corrected chi connectivity index (χ3v) is 4.61. The quantitative estimate of drug-likeness (QED) is 0.508. The van der Waals surface area contributed by atoms with Gasteiger partial charge in [0.05, 0.1) is 5.75 Å². The van der Waals surface area contributed by atoms with E-state index in [0.717, 1.165) is 19.3 Å². The van der Waals surface area contributed by atoms with E-state index in [2.05, 4.69) is 4.72 Å². The molecular formula is C10H20ClNO3S. The van der Waals surface area contributed by atoms with Crippen LogP contribution in [-0.2, 0) is 14.8 Å². The summed E-state index contributed by atoms with van der Waals surface area (Å²) in [7, 11) is -1.57. The Morgan fingerprint density at radius 2 is 2.12 bits per heavy atom. The minimum Gasteiger partial charge on any atom is -0.385 e. The van der Waals surface area contributed by atoms with Crippen molar-refractivity contribution < 1.29 is 13.2 Å². The van der Waals surface area contributed by atoms with Crippen molar-refractivity contribution in [1.29, 1.82) is 0 Å². The number of hydrogen-bond donors (Lipinski definition) is 1. The predicted octanol–water partition coefficient (Wildman–Crippen LogP) is 1.35. The molecule has 1 aliphatic rings. The first kappa shape index (κ1) is 14.2. The molecule has 0 aliphatic heterocycles. The third kappa shape index (κ3) is 4.99. The van der Waals surface area contributed by atoms with E-state index in [1.807, 2.05) is 0 Å². The van der Waals surface area contributed by atoms with Gasteiger partial charge in [-0.15, -0.1) is 11.6 Å². The van der Waals surface area contributed by atoms with E-state index in [0.29, 0.717) is 25.5 Å². The molecule has 96 valence electrons. The second-order valence-corrected chi connectivity index (χ2v) is 6.73. The highest BCUT2D eigenvalue weighted by molar-refractivity contribution is 7.89. The molecule has 0 unspecified atom stereocenters. The molecule has 0 heterocycles. The van der Waals surface area contributed by atoms with Gasteiger partial charge in [-0.3, -0.25) is 0 Å². The molecule has 1 aliphatic carbocycles. The maximum atomic E-state index is 11.6. The van der Waals surface area contributed by atoms with Crippen molar-refractivity contribution in [2.24, 2.45) is 5.41 Å². The molecular weight excluding hydrogens is 250 g/mol. The van der Waals surface area contributed by atoms with Crippen molar-refractivity contribution in [2.45, 2.75) is 25.7 Å². The second-order valence-electron chi connectivity index (χ2n) is 4.43. The highest BCUT2D eigenvalue weighted by atomic mass is 35.5. The second kappa shape index (κ2) is 6.19. The first-order valence-electron chi connectivity index (χ1n) is 5.56. The molecule has 1 fully saturated rings. The monoisotopic (exact) mass is 269 g/mol. The van der Waals surface area contributed by atoms with Gasteiger partial charge in [-0.1, -0.05) is 0 Å². The van der Waals surface area contributed by atoms with E-state index >= 15 is 0 Å². The van der Waals surface area contributed by atoms with Crippen molar-refractivity contribution in [1.82, 2.24) is 4.72 Å². The molecule has 0 aromatic rings. The van der Waals surface area contributed by atoms with Crippen LogP contribution in [0.25, 0.3) is 0 Å². The summed E-state index contributed by atoms with van der Waals surface area (Å²) in [4.78, 5) is 0. The van der Waals surface area contributed by atoms with Gasteiger partial charge in [-0.25, -0.2) is 13.1 Å². The smallest absolute Gasteiger partial charge is 0.211 e. The van der Waals surface area contributed by atoms with E-state index in [1.165, 1.54) is 0 Å². The number of hydrogen-bond acceptors (Lipinski definition) is 3. The lowest BCUT2D eigenvalue weighted by Gasteiger charge is -2.14. The third-order valence-electron chi connectivity index (χ3n) is 3.01. The number of nitrogens with one attached hydrogen (secondary N) is 1. The van der Waals surface area contributed by atoms with E-state index in [-0.39, 0.29) is 11.2 Å². The van der Waals surface area contributed by atoms with Gasteiger partial charge in [0.25, 0.3) is 0 Å². The van der Waals surface area contributed by atoms with Crippen LogP contribution in [0.1, 0.15) is 25.7 Å². The molecule has 16 heavy (non-hydrogen) atoms. The molecule has 0 saturated heterocycles. The fourth-order valence-electron chi connectivity index (χ4n) is 1.62. The number of methoxy groups -OCH3 is 1. The average Bonchev–Trinajstić information content (AvgIpc) is 2.97. The summed E-state index contributed by atoms with van der Waals surface area (Å²) in [5.41, 5.74) is 0.149. The van der Waals surface area contributed by atoms with E-state index in [1.54, 1.807) is 7.11 Å². The molecule has 0 aromatic carbocycles. The van der Waals surface area contributed by atoms with Gasteiger partial charge in [0, 0.05) is 26.1 Å². The van der Waals surface area contributed by atoms with Gasteiger partial charge in [0.15, 0.2) is 0 Å². The van der Waals surface area contributed by atoms with E-state index < -0.39 is 10.0 Å². The molecule has 0 aromatic heterocycles. The van der Waals surface area contributed by atoms with Crippen LogP contribution in [0, 0.1) is 5.41 Å². The van der Waals surface area contributed by atoms with Crippen LogP contribution in [0.5, 0.6) is 0 Å². The Kier molecular flexibility index (Phi) is 5.50. The maximum absolute atomic E-state index is 11.6. The molecule has 4 nitrogen and oxygen atoms in total. The zero-order valence-electron chi connectivity index (χ0n) is 9.67. The molecule has 0 radical (unpaired) electrons. The lowest BCUT2D eigenvalue weighted by Crippen LogP contribution is -2.32. The minimum absolute atomic E-state index is 0.137. The summed E-state index contributed by atoms with van der Waals surface area (Å²) in [6.45, 7) is 1.02. The summed E-state index contributed by atoms with van der Waals surface area (Å²) in [6.07, 6.45) is 3.60. The normalized spacial score (nSPS) is 18.6. The van der Waals surface area contributed by atoms with Gasteiger partial charge in [0.1, 0.15) is 0 Å². The van der Waals surface area contributed by atoms with Crippen LogP contribution in [0.15, 0.2) is 0 Å². The summed E-state index contributed by atoms with van der Waals surface area (Å²) < 4.78 is 30.7. The largest absolute Gasteiger partial charge is 0.385 e. The van der Waals surface area contributed by atoms with Crippen LogP contribution in [0.2, 0.25) is 0 Å². The minimum atomic E-state index is -3.14. The van der Waals surface area contributed by atoms with Crippen LogP contribution >= 0.6 is 11.6 Å². The molecule has 0 amide bonds. The van der Waals surface area contributed by atoms with Crippen molar-refractivity contribution in [2.75, 3.05) is 31.9 Å². The first-order chi connectivity index (χ1) is 7.54. The molecule has 0 spiro atoms. The number of ether oxygens (including phenoxy) is 1. The number of sulfonamides is 1. The van der Waals surface area contributed by atoms with Crippen LogP contribution in [-0.4, -0.2) is 40.3 Å². The van der Waals surface area contributed by atoms with Crippen LogP contribution < -0.4 is 4.72 Å². The highest BCUT2D eigenvalue weighted by Crippen LogP contribution is 2.48. The lowest BCUT2D eigenvalue weighted by molar-refractivity contribution is 0.199. The molecule has 1 rings (SSSR count). The van der Waals surface area contributed by atoms with E-state index in [9.17, 15) is 8.42 Å². The zero-order valence-corrected chi connectivity index (χ0v) is 11.2. The topological polar surface area (TPSA) is 55.4 Å². The Bertz CT molecular complexity index is 301. The molecule has 1 N–H and O–H groups in total. The number of halogens is 1. The Labute approximate surface area is 103 Å². The summed E-state index contributed by atoms with van der Waals surface area (Å²) >= 11 is 5.68. The SMILES string of the molecule is COCCCS(=O)(=O)NCC1(CCCl)CC1.